The predicted octanol–water partition coefficient (Wildman–Crippen LogP) is 3.33. The van der Waals surface area contributed by atoms with Crippen LogP contribution in [0.25, 0.3) is 0 Å². The van der Waals surface area contributed by atoms with E-state index in [-0.39, 0.29) is 17.6 Å². The summed E-state index contributed by atoms with van der Waals surface area (Å²) in [7, 11) is 1.66. The van der Waals surface area contributed by atoms with E-state index in [0.717, 1.165) is 18.6 Å². The quantitative estimate of drug-likeness (QED) is 0.744. The summed E-state index contributed by atoms with van der Waals surface area (Å²) in [6.45, 7) is 1.69. The number of Topliss-reactive ketones (excluding diaryl/α,β-unsaturated/α-hetero) is 1. The number of allylic oxidation sites excluding steroid dienone is 2. The highest BCUT2D eigenvalue weighted by molar-refractivity contribution is 5.80. The normalized spacial score (nSPS) is 23.4. The van der Waals surface area contributed by atoms with Crippen LogP contribution < -0.4 is 4.74 Å². The van der Waals surface area contributed by atoms with Gasteiger partial charge in [0, 0.05) is 11.8 Å². The van der Waals surface area contributed by atoms with Gasteiger partial charge in [0.25, 0.3) is 0 Å². The molecule has 2 rings (SSSR count). The highest BCUT2D eigenvalue weighted by atomic mass is 16.5. The van der Waals surface area contributed by atoms with Crippen molar-refractivity contribution < 1.29 is 9.53 Å². The lowest BCUT2D eigenvalue weighted by molar-refractivity contribution is -0.121. The molecule has 0 spiro atoms. The monoisotopic (exact) mass is 230 g/mol. The van der Waals surface area contributed by atoms with Crippen LogP contribution in [0.15, 0.2) is 36.4 Å². The number of hydrogen-bond acceptors (Lipinski definition) is 2. The Kier molecular flexibility index (Phi) is 3.62. The number of benzene rings is 1. The largest absolute Gasteiger partial charge is 0.497 e. The van der Waals surface area contributed by atoms with Crippen LogP contribution in [-0.2, 0) is 4.79 Å². The summed E-state index contributed by atoms with van der Waals surface area (Å²) >= 11 is 0. The maximum Gasteiger partial charge on any atom is 0.133 e. The Morgan fingerprint density at radius 3 is 2.59 bits per heavy atom. The van der Waals surface area contributed by atoms with Gasteiger partial charge in [-0.15, -0.1) is 0 Å². The second-order valence-electron chi connectivity index (χ2n) is 4.52. The molecular formula is C15H18O2. The summed E-state index contributed by atoms with van der Waals surface area (Å²) in [5.74, 6) is 1.50. The molecular weight excluding hydrogens is 212 g/mol. The third-order valence-corrected chi connectivity index (χ3v) is 3.44. The fourth-order valence-electron chi connectivity index (χ4n) is 2.46. The summed E-state index contributed by atoms with van der Waals surface area (Å²) < 4.78 is 5.15. The van der Waals surface area contributed by atoms with Gasteiger partial charge in [0.2, 0.25) is 0 Å². The molecule has 1 aliphatic rings. The van der Waals surface area contributed by atoms with E-state index >= 15 is 0 Å². The van der Waals surface area contributed by atoms with E-state index in [1.54, 1.807) is 14.0 Å². The van der Waals surface area contributed by atoms with Crippen LogP contribution in [0.1, 0.15) is 31.2 Å². The topological polar surface area (TPSA) is 26.3 Å². The molecule has 2 heteroatoms. The minimum Gasteiger partial charge on any atom is -0.497 e. The molecule has 1 aromatic carbocycles. The van der Waals surface area contributed by atoms with Crippen molar-refractivity contribution in [2.75, 3.05) is 7.11 Å². The Bertz CT molecular complexity index is 417. The standard InChI is InChI=1S/C15H18O2/c1-11(16)14-5-3-4-6-15(14)12-7-9-13(17-2)10-8-12/h4,6-10,14-15H,3,5H2,1-2H3. The molecule has 2 unspecified atom stereocenters. The lowest BCUT2D eigenvalue weighted by Gasteiger charge is -2.26. The molecule has 2 atom stereocenters. The van der Waals surface area contributed by atoms with Crippen LogP contribution in [0.4, 0.5) is 0 Å². The fraction of sp³-hybridized carbons (Fsp3) is 0.400. The minimum absolute atomic E-state index is 0.133. The molecule has 0 heterocycles. The molecule has 0 aliphatic heterocycles. The van der Waals surface area contributed by atoms with Crippen molar-refractivity contribution in [1.29, 1.82) is 0 Å². The van der Waals surface area contributed by atoms with Gasteiger partial charge in [-0.25, -0.2) is 0 Å². The fourth-order valence-corrected chi connectivity index (χ4v) is 2.46. The Labute approximate surface area is 102 Å². The van der Waals surface area contributed by atoms with Crippen LogP contribution in [0, 0.1) is 5.92 Å². The predicted molar refractivity (Wildman–Crippen MR) is 68.3 cm³/mol. The summed E-state index contributed by atoms with van der Waals surface area (Å²) in [5.41, 5.74) is 1.20. The second-order valence-corrected chi connectivity index (χ2v) is 4.52. The number of methoxy groups -OCH3 is 1. The van der Waals surface area contributed by atoms with E-state index in [1.807, 2.05) is 12.1 Å². The van der Waals surface area contributed by atoms with Crippen molar-refractivity contribution >= 4 is 5.78 Å². The first-order valence-electron chi connectivity index (χ1n) is 6.03. The number of hydrogen-bond donors (Lipinski definition) is 0. The van der Waals surface area contributed by atoms with E-state index in [4.69, 9.17) is 4.74 Å². The molecule has 17 heavy (non-hydrogen) atoms. The van der Waals surface area contributed by atoms with Gasteiger partial charge in [-0.2, -0.15) is 0 Å². The van der Waals surface area contributed by atoms with Crippen molar-refractivity contribution in [3.63, 3.8) is 0 Å². The molecule has 0 amide bonds. The lowest BCUT2D eigenvalue weighted by Crippen LogP contribution is -2.21. The Morgan fingerprint density at radius 2 is 2.00 bits per heavy atom. The van der Waals surface area contributed by atoms with Gasteiger partial charge < -0.3 is 4.74 Å². The van der Waals surface area contributed by atoms with Gasteiger partial charge >= 0.3 is 0 Å². The molecule has 0 bridgehead atoms. The molecule has 1 aromatic rings. The van der Waals surface area contributed by atoms with Gasteiger partial charge in [0.1, 0.15) is 11.5 Å². The zero-order valence-electron chi connectivity index (χ0n) is 10.3. The van der Waals surface area contributed by atoms with E-state index in [2.05, 4.69) is 24.3 Å². The summed E-state index contributed by atoms with van der Waals surface area (Å²) in [6, 6.07) is 8.01. The summed E-state index contributed by atoms with van der Waals surface area (Å²) in [6.07, 6.45) is 6.31. The van der Waals surface area contributed by atoms with Gasteiger partial charge in [0.05, 0.1) is 7.11 Å². The third kappa shape index (κ3) is 2.57. The Balaban J connectivity index is 2.26. The van der Waals surface area contributed by atoms with E-state index in [9.17, 15) is 4.79 Å². The molecule has 0 aromatic heterocycles. The highest BCUT2D eigenvalue weighted by Crippen LogP contribution is 2.34. The summed E-state index contributed by atoms with van der Waals surface area (Å²) in [4.78, 5) is 11.6. The lowest BCUT2D eigenvalue weighted by atomic mass is 9.77. The van der Waals surface area contributed by atoms with Crippen LogP contribution in [-0.4, -0.2) is 12.9 Å². The molecule has 0 saturated carbocycles. The highest BCUT2D eigenvalue weighted by Gasteiger charge is 2.26. The van der Waals surface area contributed by atoms with E-state index in [1.165, 1.54) is 5.56 Å². The van der Waals surface area contributed by atoms with Crippen LogP contribution >= 0.6 is 0 Å². The zero-order chi connectivity index (χ0) is 12.3. The molecule has 1 aliphatic carbocycles. The maximum absolute atomic E-state index is 11.6. The SMILES string of the molecule is COc1ccc(C2C=CCCC2C(C)=O)cc1. The van der Waals surface area contributed by atoms with Gasteiger partial charge in [-0.1, -0.05) is 24.3 Å². The number of ether oxygens (including phenoxy) is 1. The average Bonchev–Trinajstić information content (AvgIpc) is 2.39. The average molecular weight is 230 g/mol. The molecule has 0 N–H and O–H groups in total. The van der Waals surface area contributed by atoms with Crippen molar-refractivity contribution in [2.24, 2.45) is 5.92 Å². The Morgan fingerprint density at radius 1 is 1.29 bits per heavy atom. The van der Waals surface area contributed by atoms with Gasteiger partial charge in [0.15, 0.2) is 0 Å². The van der Waals surface area contributed by atoms with E-state index in [0.29, 0.717) is 0 Å². The number of carbonyl (C=O) groups excluding carboxylic acids is 1. The van der Waals surface area contributed by atoms with Crippen molar-refractivity contribution in [1.82, 2.24) is 0 Å². The van der Waals surface area contributed by atoms with Crippen molar-refractivity contribution in [3.05, 3.63) is 42.0 Å². The van der Waals surface area contributed by atoms with Crippen molar-refractivity contribution in [2.45, 2.75) is 25.7 Å². The Hall–Kier alpha value is -1.57. The minimum atomic E-state index is 0.133. The van der Waals surface area contributed by atoms with Crippen LogP contribution in [0.5, 0.6) is 5.75 Å². The van der Waals surface area contributed by atoms with Crippen LogP contribution in [0.3, 0.4) is 0 Å². The smallest absolute Gasteiger partial charge is 0.133 e. The second kappa shape index (κ2) is 5.17. The maximum atomic E-state index is 11.6. The molecule has 0 radical (unpaired) electrons. The number of ketones is 1. The third-order valence-electron chi connectivity index (χ3n) is 3.44. The number of carbonyl (C=O) groups is 1. The zero-order valence-corrected chi connectivity index (χ0v) is 10.3. The molecule has 90 valence electrons. The summed E-state index contributed by atoms with van der Waals surface area (Å²) in [5, 5.41) is 0. The first-order valence-corrected chi connectivity index (χ1v) is 6.03. The first kappa shape index (κ1) is 11.9. The molecule has 0 saturated heterocycles. The first-order chi connectivity index (χ1) is 8.22. The number of rotatable bonds is 3. The molecule has 2 nitrogen and oxygen atoms in total. The molecule has 0 fully saturated rings. The van der Waals surface area contributed by atoms with Gasteiger partial charge in [-0.3, -0.25) is 4.79 Å². The van der Waals surface area contributed by atoms with Crippen LogP contribution in [0.2, 0.25) is 0 Å². The van der Waals surface area contributed by atoms with E-state index < -0.39 is 0 Å². The van der Waals surface area contributed by atoms with Crippen molar-refractivity contribution in [3.8, 4) is 5.75 Å². The van der Waals surface area contributed by atoms with Gasteiger partial charge in [-0.05, 0) is 37.5 Å².